The fourth-order valence-corrected chi connectivity index (χ4v) is 6.61. The number of para-hydroxylation sites is 1. The molecule has 2 heterocycles. The number of benzene rings is 1. The average Bonchev–Trinajstić information content (AvgIpc) is 3.30. The summed E-state index contributed by atoms with van der Waals surface area (Å²) in [5.74, 6) is 1.70. The maximum absolute atomic E-state index is 12.6. The second-order valence-electron chi connectivity index (χ2n) is 9.36. The molecule has 7 nitrogen and oxygen atoms in total. The molecular formula is C22H23N5O2. The van der Waals surface area contributed by atoms with Crippen molar-refractivity contribution in [3.8, 4) is 0 Å². The molecule has 1 aliphatic heterocycles. The van der Waals surface area contributed by atoms with E-state index in [4.69, 9.17) is 0 Å². The summed E-state index contributed by atoms with van der Waals surface area (Å²) in [7, 11) is 0. The van der Waals surface area contributed by atoms with E-state index < -0.39 is 11.9 Å². The Hall–Kier alpha value is -2.83. The van der Waals surface area contributed by atoms with Gasteiger partial charge in [0, 0.05) is 22.4 Å². The van der Waals surface area contributed by atoms with Crippen molar-refractivity contribution in [2.45, 2.75) is 50.0 Å². The molecule has 1 atom stereocenters. The molecule has 0 radical (unpaired) electrons. The first-order chi connectivity index (χ1) is 14.1. The minimum atomic E-state index is -0.781. The number of fused-ring (bicyclic) bond motifs is 1. The highest BCUT2D eigenvalue weighted by atomic mass is 16.2. The zero-order chi connectivity index (χ0) is 19.6. The molecule has 1 aromatic carbocycles. The van der Waals surface area contributed by atoms with Gasteiger partial charge in [-0.05, 0) is 68.4 Å². The predicted molar refractivity (Wildman–Crippen MR) is 105 cm³/mol. The third kappa shape index (κ3) is 2.67. The van der Waals surface area contributed by atoms with Crippen LogP contribution in [0.5, 0.6) is 0 Å². The number of aromatic amines is 1. The van der Waals surface area contributed by atoms with Gasteiger partial charge in [0.1, 0.15) is 0 Å². The van der Waals surface area contributed by atoms with Crippen LogP contribution in [-0.4, -0.2) is 22.0 Å². The van der Waals surface area contributed by atoms with Crippen molar-refractivity contribution in [2.24, 2.45) is 28.0 Å². The van der Waals surface area contributed by atoms with E-state index in [-0.39, 0.29) is 17.0 Å². The Morgan fingerprint density at radius 2 is 1.76 bits per heavy atom. The van der Waals surface area contributed by atoms with Crippen LogP contribution in [0.3, 0.4) is 0 Å². The van der Waals surface area contributed by atoms with Gasteiger partial charge in [0.05, 0.1) is 0 Å². The Morgan fingerprint density at radius 1 is 1.07 bits per heavy atom. The van der Waals surface area contributed by atoms with Crippen LogP contribution in [0, 0.1) is 17.8 Å². The lowest BCUT2D eigenvalue weighted by molar-refractivity contribution is -0.116. The molecular weight excluding hydrogens is 366 g/mol. The van der Waals surface area contributed by atoms with Crippen LogP contribution in [0.1, 0.15) is 66.3 Å². The molecule has 1 unspecified atom stereocenters. The highest BCUT2D eigenvalue weighted by molar-refractivity contribution is 6.02. The van der Waals surface area contributed by atoms with E-state index in [0.29, 0.717) is 0 Å². The Labute approximate surface area is 168 Å². The van der Waals surface area contributed by atoms with Crippen molar-refractivity contribution < 1.29 is 9.59 Å². The van der Waals surface area contributed by atoms with Crippen LogP contribution < -0.4 is 5.32 Å². The van der Waals surface area contributed by atoms with Gasteiger partial charge < -0.3 is 5.32 Å². The first-order valence-corrected chi connectivity index (χ1v) is 10.5. The van der Waals surface area contributed by atoms with Gasteiger partial charge in [-0.25, -0.2) is 0 Å². The Balaban J connectivity index is 1.23. The maximum atomic E-state index is 12.6. The van der Waals surface area contributed by atoms with Gasteiger partial charge in [-0.15, -0.1) is 5.11 Å². The first-order valence-electron chi connectivity index (χ1n) is 10.5. The lowest BCUT2D eigenvalue weighted by atomic mass is 9.49. The summed E-state index contributed by atoms with van der Waals surface area (Å²) in [4.78, 5) is 24.7. The fraction of sp³-hybridized carbons (Fsp3) is 0.500. The van der Waals surface area contributed by atoms with Crippen molar-refractivity contribution in [3.63, 3.8) is 0 Å². The smallest absolute Gasteiger partial charge is 0.315 e. The van der Waals surface area contributed by atoms with E-state index in [1.54, 1.807) is 0 Å². The quantitative estimate of drug-likeness (QED) is 0.771. The molecule has 4 bridgehead atoms. The number of nitrogens with one attached hydrogen (secondary N) is 2. The van der Waals surface area contributed by atoms with Crippen LogP contribution in [0.25, 0.3) is 0 Å². The van der Waals surface area contributed by atoms with Gasteiger partial charge in [0.2, 0.25) is 0 Å². The van der Waals surface area contributed by atoms with Crippen LogP contribution in [0.15, 0.2) is 40.6 Å². The number of aromatic nitrogens is 2. The molecule has 29 heavy (non-hydrogen) atoms. The minimum absolute atomic E-state index is 0.154. The van der Waals surface area contributed by atoms with Crippen molar-refractivity contribution >= 4 is 17.5 Å². The summed E-state index contributed by atoms with van der Waals surface area (Å²) in [5.41, 5.74) is 2.98. The van der Waals surface area contributed by atoms with Gasteiger partial charge in [0.15, 0.2) is 11.7 Å². The lowest BCUT2D eigenvalue weighted by Crippen LogP contribution is -2.48. The number of azo groups is 1. The Morgan fingerprint density at radius 3 is 2.48 bits per heavy atom. The van der Waals surface area contributed by atoms with Crippen molar-refractivity contribution in [3.05, 3.63) is 47.3 Å². The predicted octanol–water partition coefficient (Wildman–Crippen LogP) is 4.16. The van der Waals surface area contributed by atoms with E-state index in [9.17, 15) is 9.59 Å². The first kappa shape index (κ1) is 17.1. The lowest BCUT2D eigenvalue weighted by Gasteiger charge is -2.56. The molecule has 148 valence electrons. The highest BCUT2D eigenvalue weighted by Gasteiger charge is 2.52. The molecule has 7 rings (SSSR count). The molecule has 4 saturated carbocycles. The minimum Gasteiger partial charge on any atom is -0.324 e. The van der Waals surface area contributed by atoms with Crippen molar-refractivity contribution in [1.82, 2.24) is 10.2 Å². The van der Waals surface area contributed by atoms with E-state index in [2.05, 4.69) is 25.7 Å². The number of H-pyrrole nitrogens is 1. The second kappa shape index (κ2) is 6.08. The molecule has 1 aromatic heterocycles. The van der Waals surface area contributed by atoms with E-state index in [1.165, 1.54) is 38.5 Å². The Kier molecular flexibility index (Phi) is 3.58. The van der Waals surface area contributed by atoms with Gasteiger partial charge in [0.25, 0.3) is 5.91 Å². The van der Waals surface area contributed by atoms with Crippen molar-refractivity contribution in [1.29, 1.82) is 0 Å². The van der Waals surface area contributed by atoms with Crippen LogP contribution in [-0.2, 0) is 10.2 Å². The molecule has 0 spiro atoms. The second-order valence-corrected chi connectivity index (χ2v) is 9.36. The van der Waals surface area contributed by atoms with Crippen molar-refractivity contribution in [2.75, 3.05) is 5.32 Å². The topological polar surface area (TPSA) is 99.6 Å². The molecule has 4 fully saturated rings. The van der Waals surface area contributed by atoms with Gasteiger partial charge >= 0.3 is 5.91 Å². The van der Waals surface area contributed by atoms with E-state index in [1.807, 2.05) is 30.3 Å². The molecule has 0 saturated heterocycles. The zero-order valence-electron chi connectivity index (χ0n) is 16.1. The average molecular weight is 389 g/mol. The van der Waals surface area contributed by atoms with Crippen LogP contribution in [0.4, 0.5) is 5.69 Å². The number of amides is 2. The zero-order valence-corrected chi connectivity index (χ0v) is 16.1. The fourth-order valence-electron chi connectivity index (χ4n) is 6.61. The van der Waals surface area contributed by atoms with Crippen LogP contribution in [0.2, 0.25) is 0 Å². The standard InChI is InChI=1S/C22H23N5O2/c28-20(27-26-19-15-3-1-2-4-16(15)23-21(19)29)17-8-18(25-24-17)22-9-12-5-13(10-22)7-14(6-12)11-22/h1-4,8,12-14,19H,5-7,9-11H2,(H,23,29)(H,24,25). The molecule has 2 N–H and O–H groups in total. The summed E-state index contributed by atoms with van der Waals surface area (Å²) in [5, 5.41) is 18.0. The van der Waals surface area contributed by atoms with Gasteiger partial charge in [-0.3, -0.25) is 14.7 Å². The summed E-state index contributed by atoms with van der Waals surface area (Å²) in [6, 6.07) is 8.42. The number of carbonyl (C=O) groups excluding carboxylic acids is 2. The summed E-state index contributed by atoms with van der Waals surface area (Å²) >= 11 is 0. The third-order valence-electron chi connectivity index (χ3n) is 7.43. The number of anilines is 1. The van der Waals surface area contributed by atoms with E-state index >= 15 is 0 Å². The molecule has 2 aromatic rings. The summed E-state index contributed by atoms with van der Waals surface area (Å²) < 4.78 is 0. The number of rotatable bonds is 3. The van der Waals surface area contributed by atoms with Gasteiger partial charge in [-0.1, -0.05) is 18.2 Å². The summed E-state index contributed by atoms with van der Waals surface area (Å²) in [6.45, 7) is 0. The SMILES string of the molecule is O=C(N=NC1C(=O)Nc2ccccc21)c1cc(C23CC4CC(CC(C4)C2)C3)[nH]n1. The number of carbonyl (C=O) groups is 2. The maximum Gasteiger partial charge on any atom is 0.315 e. The molecule has 2 amide bonds. The third-order valence-corrected chi connectivity index (χ3v) is 7.43. The normalized spacial score (nSPS) is 34.6. The van der Waals surface area contributed by atoms with E-state index in [0.717, 1.165) is 34.7 Å². The largest absolute Gasteiger partial charge is 0.324 e. The molecule has 7 heteroatoms. The number of hydrogen-bond donors (Lipinski definition) is 2. The van der Waals surface area contributed by atoms with Crippen LogP contribution >= 0.6 is 0 Å². The van der Waals surface area contributed by atoms with Gasteiger partial charge in [-0.2, -0.15) is 10.2 Å². The number of hydrogen-bond acceptors (Lipinski definition) is 4. The monoisotopic (exact) mass is 389 g/mol. The summed E-state index contributed by atoms with van der Waals surface area (Å²) in [6.07, 6.45) is 7.73. The molecule has 4 aliphatic carbocycles. The molecule has 5 aliphatic rings. The Bertz CT molecular complexity index is 1000. The highest BCUT2D eigenvalue weighted by Crippen LogP contribution is 2.60. The number of nitrogens with zero attached hydrogens (tertiary/aromatic N) is 3.